The minimum absolute atomic E-state index is 0.0126. The monoisotopic (exact) mass is 617 g/mol. The van der Waals surface area contributed by atoms with Gasteiger partial charge in [0.1, 0.15) is 23.9 Å². The molecule has 0 aromatic carbocycles. The van der Waals surface area contributed by atoms with Crippen molar-refractivity contribution < 1.29 is 31.5 Å². The third kappa shape index (κ3) is 10.7. The zero-order valence-electron chi connectivity index (χ0n) is 24.8. The largest absolute Gasteiger partial charge is 0.480 e. The predicted octanol–water partition coefficient (Wildman–Crippen LogP) is 5.38. The first kappa shape index (κ1) is 34.2. The minimum atomic E-state index is -4.52. The molecule has 0 bridgehead atoms. The molecule has 238 valence electrons. The molecule has 1 aromatic rings. The van der Waals surface area contributed by atoms with Crippen LogP contribution >= 0.6 is 0 Å². The zero-order chi connectivity index (χ0) is 31.0. The molecule has 0 spiro atoms. The summed E-state index contributed by atoms with van der Waals surface area (Å²) in [5.41, 5.74) is 0.193. The quantitative estimate of drug-likeness (QED) is 0.237. The lowest BCUT2D eigenvalue weighted by Crippen LogP contribution is -2.38. The lowest BCUT2D eigenvalue weighted by Gasteiger charge is -2.24. The van der Waals surface area contributed by atoms with E-state index in [4.69, 9.17) is 5.26 Å². The summed E-state index contributed by atoms with van der Waals surface area (Å²) in [7, 11) is -3.50. The van der Waals surface area contributed by atoms with Crippen molar-refractivity contribution in [1.29, 1.82) is 5.26 Å². The number of carboxylic acid groups (broad SMARTS) is 1. The van der Waals surface area contributed by atoms with Gasteiger partial charge >= 0.3 is 12.1 Å². The van der Waals surface area contributed by atoms with E-state index in [2.05, 4.69) is 23.4 Å². The Hall–Kier alpha value is -2.33. The van der Waals surface area contributed by atoms with Gasteiger partial charge in [-0.2, -0.15) is 23.5 Å². The summed E-state index contributed by atoms with van der Waals surface area (Å²) in [5.74, 6) is -1.14. The van der Waals surface area contributed by atoms with E-state index in [1.165, 1.54) is 69.3 Å². The van der Waals surface area contributed by atoms with E-state index in [9.17, 15) is 31.5 Å². The van der Waals surface area contributed by atoms with Crippen LogP contribution in [0.4, 0.5) is 19.0 Å². The molecule has 42 heavy (non-hydrogen) atoms. The maximum Gasteiger partial charge on any atom is 0.408 e. The molecule has 3 aliphatic rings. The van der Waals surface area contributed by atoms with Crippen molar-refractivity contribution in [3.8, 4) is 6.07 Å². The van der Waals surface area contributed by atoms with Gasteiger partial charge in [0.2, 0.25) is 0 Å². The molecule has 2 aliphatic carbocycles. The van der Waals surface area contributed by atoms with Crippen LogP contribution in [0, 0.1) is 24.2 Å². The van der Waals surface area contributed by atoms with E-state index in [-0.39, 0.29) is 36.0 Å². The number of sulfone groups is 1. The molecule has 1 saturated heterocycles. The zero-order valence-corrected chi connectivity index (χ0v) is 25.6. The SMILES string of the molecule is CCCCCCCCCCNC1(C#N)CC1.Cc1cc(N2C[C@H](S(=O)(=O)CC3CC3)C[C@H]2C(=O)O)n(CC(F)(F)F)n1. The average Bonchev–Trinajstić information content (AvgIpc) is 3.80. The Labute approximate surface area is 247 Å². The van der Waals surface area contributed by atoms with Gasteiger partial charge in [-0.25, -0.2) is 17.9 Å². The molecule has 2 N–H and O–H groups in total. The molecule has 9 nitrogen and oxygen atoms in total. The Balaban J connectivity index is 0.000000260. The first-order valence-corrected chi connectivity index (χ1v) is 17.0. The fraction of sp³-hybridized carbons (Fsp3) is 0.828. The molecule has 1 aliphatic heterocycles. The number of aromatic nitrogens is 2. The van der Waals surface area contributed by atoms with Crippen LogP contribution in [-0.2, 0) is 21.2 Å². The molecule has 2 heterocycles. The summed E-state index contributed by atoms with van der Waals surface area (Å²) in [5, 5.41) is 24.6. The summed E-state index contributed by atoms with van der Waals surface area (Å²) >= 11 is 0. The number of unbranched alkanes of at least 4 members (excludes halogenated alkanes) is 7. The lowest BCUT2D eigenvalue weighted by atomic mass is 10.1. The van der Waals surface area contributed by atoms with Crippen LogP contribution in [0.5, 0.6) is 0 Å². The smallest absolute Gasteiger partial charge is 0.408 e. The summed E-state index contributed by atoms with van der Waals surface area (Å²) in [6.45, 7) is 3.29. The van der Waals surface area contributed by atoms with E-state index in [1.54, 1.807) is 0 Å². The van der Waals surface area contributed by atoms with E-state index in [1.807, 2.05) is 0 Å². The number of hydrogen-bond acceptors (Lipinski definition) is 7. The predicted molar refractivity (Wildman–Crippen MR) is 155 cm³/mol. The second-order valence-electron chi connectivity index (χ2n) is 12.1. The number of hydrogen-bond donors (Lipinski definition) is 2. The van der Waals surface area contributed by atoms with E-state index >= 15 is 0 Å². The van der Waals surface area contributed by atoms with Crippen LogP contribution < -0.4 is 10.2 Å². The van der Waals surface area contributed by atoms with Crippen molar-refractivity contribution in [3.05, 3.63) is 11.8 Å². The van der Waals surface area contributed by atoms with Gasteiger partial charge in [-0.3, -0.25) is 5.32 Å². The molecule has 2 saturated carbocycles. The lowest BCUT2D eigenvalue weighted by molar-refractivity contribution is -0.142. The molecule has 0 radical (unpaired) electrons. The van der Waals surface area contributed by atoms with Crippen molar-refractivity contribution in [1.82, 2.24) is 15.1 Å². The highest BCUT2D eigenvalue weighted by Crippen LogP contribution is 2.36. The third-order valence-electron chi connectivity index (χ3n) is 8.18. The van der Waals surface area contributed by atoms with E-state index in [0.717, 1.165) is 32.2 Å². The molecule has 2 atom stereocenters. The number of alkyl halides is 3. The van der Waals surface area contributed by atoms with Crippen LogP contribution in [0.1, 0.15) is 96.1 Å². The van der Waals surface area contributed by atoms with Gasteiger partial charge in [0, 0.05) is 12.6 Å². The van der Waals surface area contributed by atoms with Crippen molar-refractivity contribution >= 4 is 21.6 Å². The fourth-order valence-electron chi connectivity index (χ4n) is 5.38. The van der Waals surface area contributed by atoms with E-state index in [0.29, 0.717) is 10.4 Å². The topological polar surface area (TPSA) is 128 Å². The second-order valence-corrected chi connectivity index (χ2v) is 14.5. The highest BCUT2D eigenvalue weighted by Gasteiger charge is 2.46. The molecular weight excluding hydrogens is 571 g/mol. The Morgan fingerprint density at radius 2 is 1.79 bits per heavy atom. The Morgan fingerprint density at radius 3 is 2.31 bits per heavy atom. The van der Waals surface area contributed by atoms with Gasteiger partial charge in [0.15, 0.2) is 9.84 Å². The second kappa shape index (κ2) is 14.9. The number of halogens is 3. The maximum atomic E-state index is 12.8. The summed E-state index contributed by atoms with van der Waals surface area (Å²) in [6, 6.07) is 2.53. The number of aliphatic carboxylic acids is 1. The first-order chi connectivity index (χ1) is 19.8. The third-order valence-corrected chi connectivity index (χ3v) is 10.5. The number of nitriles is 1. The van der Waals surface area contributed by atoms with Crippen molar-refractivity contribution in [2.24, 2.45) is 5.92 Å². The number of anilines is 1. The van der Waals surface area contributed by atoms with Gasteiger partial charge in [-0.1, -0.05) is 51.9 Å². The highest BCUT2D eigenvalue weighted by atomic mass is 32.2. The Bertz CT molecular complexity index is 1170. The molecule has 3 fully saturated rings. The number of carbonyl (C=O) groups is 1. The van der Waals surface area contributed by atoms with Gasteiger partial charge in [0.05, 0.1) is 22.8 Å². The summed E-state index contributed by atoms with van der Waals surface area (Å²) < 4.78 is 64.1. The Kier molecular flexibility index (Phi) is 12.1. The average molecular weight is 618 g/mol. The molecule has 0 unspecified atom stereocenters. The van der Waals surface area contributed by atoms with Crippen LogP contribution in [0.15, 0.2) is 6.07 Å². The number of nitrogens with one attached hydrogen (secondary N) is 1. The van der Waals surface area contributed by atoms with Crippen molar-refractivity contribution in [2.75, 3.05) is 23.7 Å². The van der Waals surface area contributed by atoms with Gasteiger partial charge in [-0.15, -0.1) is 0 Å². The number of aryl methyl sites for hydroxylation is 1. The van der Waals surface area contributed by atoms with Crippen LogP contribution in [0.2, 0.25) is 0 Å². The number of carboxylic acids is 1. The number of rotatable bonds is 16. The first-order valence-electron chi connectivity index (χ1n) is 15.3. The standard InChI is InChI=1S/C15H20F3N3O4S.C14H26N2/c1-9-4-13(21(19-9)8-15(16,17)18)20-6-11(5-12(20)14(22)23)26(24,25)7-10-2-3-10;1-2-3-4-5-6-7-8-9-12-16-14(13-15)10-11-14/h4,10-12H,2-3,5-8H2,1H3,(H,22,23);16H,2-12H2,1H3/t11-,12+;/m1./s1. The van der Waals surface area contributed by atoms with Crippen LogP contribution in [-0.4, -0.2) is 71.1 Å². The molecule has 4 rings (SSSR count). The summed E-state index contributed by atoms with van der Waals surface area (Å²) in [6.07, 6.45) is 9.99. The van der Waals surface area contributed by atoms with Crippen LogP contribution in [0.3, 0.4) is 0 Å². The van der Waals surface area contributed by atoms with Gasteiger partial charge < -0.3 is 10.0 Å². The molecule has 1 aromatic heterocycles. The van der Waals surface area contributed by atoms with E-state index < -0.39 is 39.8 Å². The normalized spacial score (nSPS) is 21.5. The summed E-state index contributed by atoms with van der Waals surface area (Å²) in [4.78, 5) is 12.8. The maximum absolute atomic E-state index is 12.8. The van der Waals surface area contributed by atoms with Crippen LogP contribution in [0.25, 0.3) is 0 Å². The fourth-order valence-corrected chi connectivity index (χ4v) is 7.51. The minimum Gasteiger partial charge on any atom is -0.480 e. The van der Waals surface area contributed by atoms with Gasteiger partial charge in [0.25, 0.3) is 0 Å². The van der Waals surface area contributed by atoms with Gasteiger partial charge in [-0.05, 0) is 57.9 Å². The molecule has 0 amide bonds. The molecular formula is C29H46F3N5O4S. The number of nitrogens with zero attached hydrogens (tertiary/aromatic N) is 4. The Morgan fingerprint density at radius 1 is 1.17 bits per heavy atom. The van der Waals surface area contributed by atoms with Crippen molar-refractivity contribution in [3.63, 3.8) is 0 Å². The molecule has 13 heteroatoms. The van der Waals surface area contributed by atoms with Crippen molar-refractivity contribution in [2.45, 2.75) is 127 Å². The highest BCUT2D eigenvalue weighted by molar-refractivity contribution is 7.92.